The Kier molecular flexibility index (Phi) is 4.85. The first-order valence-electron chi connectivity index (χ1n) is 8.22. The molecule has 4 nitrogen and oxygen atoms in total. The molecule has 0 aromatic carbocycles. The minimum absolute atomic E-state index is 0.111. The van der Waals surface area contributed by atoms with Crippen LogP contribution in [0, 0.1) is 12.8 Å². The smallest absolute Gasteiger partial charge is 0.222 e. The lowest BCUT2D eigenvalue weighted by Gasteiger charge is -2.18. The number of hydrogen-bond donors (Lipinski definition) is 1. The Balaban J connectivity index is 1.45. The summed E-state index contributed by atoms with van der Waals surface area (Å²) in [5, 5.41) is 2.95. The van der Waals surface area contributed by atoms with Crippen LogP contribution in [0.15, 0.2) is 12.1 Å². The molecule has 0 radical (unpaired) electrons. The lowest BCUT2D eigenvalue weighted by molar-refractivity contribution is -0.124. The van der Waals surface area contributed by atoms with Crippen molar-refractivity contribution in [1.82, 2.24) is 10.2 Å². The highest BCUT2D eigenvalue weighted by molar-refractivity contribution is 7.11. The maximum Gasteiger partial charge on any atom is 0.222 e. The van der Waals surface area contributed by atoms with Crippen LogP contribution in [0.4, 0.5) is 0 Å². The van der Waals surface area contributed by atoms with E-state index in [2.05, 4.69) is 29.3 Å². The fraction of sp³-hybridized carbons (Fsp3) is 0.706. The molecule has 1 aromatic heterocycles. The molecule has 3 heterocycles. The van der Waals surface area contributed by atoms with Crippen molar-refractivity contribution in [2.24, 2.45) is 5.92 Å². The van der Waals surface area contributed by atoms with E-state index in [1.54, 1.807) is 0 Å². The predicted octanol–water partition coefficient (Wildman–Crippen LogP) is 2.56. The highest BCUT2D eigenvalue weighted by Crippen LogP contribution is 2.35. The molecule has 2 fully saturated rings. The quantitative estimate of drug-likeness (QED) is 0.906. The van der Waals surface area contributed by atoms with Crippen molar-refractivity contribution >= 4 is 17.2 Å². The van der Waals surface area contributed by atoms with Crippen LogP contribution in [0.25, 0.3) is 0 Å². The van der Waals surface area contributed by atoms with Gasteiger partial charge in [0.1, 0.15) is 0 Å². The Labute approximate surface area is 136 Å². The van der Waals surface area contributed by atoms with Gasteiger partial charge in [0, 0.05) is 41.3 Å². The Morgan fingerprint density at radius 3 is 2.91 bits per heavy atom. The number of hydrogen-bond acceptors (Lipinski definition) is 4. The zero-order valence-electron chi connectivity index (χ0n) is 13.7. The van der Waals surface area contributed by atoms with Crippen molar-refractivity contribution in [1.29, 1.82) is 0 Å². The normalized spacial score (nSPS) is 28.3. The monoisotopic (exact) mass is 322 g/mol. The number of nitrogens with zero attached hydrogens (tertiary/aromatic N) is 1. The standard InChI is InChI=1S/C17H26N2O2S/c1-11(2)18-17(20)7-14-6-13-8-19(10-16(13)21-14)9-15-5-4-12(3)22-15/h4-5,11,13-14,16H,6-10H2,1-3H3,(H,18,20)/t13-,14-,16+/m0/s1. The van der Waals surface area contributed by atoms with Gasteiger partial charge in [0.2, 0.25) is 5.91 Å². The molecule has 1 aromatic rings. The summed E-state index contributed by atoms with van der Waals surface area (Å²) < 4.78 is 6.11. The van der Waals surface area contributed by atoms with Crippen molar-refractivity contribution in [3.8, 4) is 0 Å². The molecule has 0 saturated carbocycles. The van der Waals surface area contributed by atoms with Gasteiger partial charge in [0.05, 0.1) is 18.6 Å². The highest BCUT2D eigenvalue weighted by Gasteiger charge is 2.42. The second kappa shape index (κ2) is 6.69. The second-order valence-electron chi connectivity index (χ2n) is 6.93. The number of aryl methyl sites for hydroxylation is 1. The van der Waals surface area contributed by atoms with Gasteiger partial charge in [-0.2, -0.15) is 0 Å². The molecule has 0 unspecified atom stereocenters. The Morgan fingerprint density at radius 2 is 2.27 bits per heavy atom. The van der Waals surface area contributed by atoms with Gasteiger partial charge >= 0.3 is 0 Å². The summed E-state index contributed by atoms with van der Waals surface area (Å²) in [6, 6.07) is 4.63. The molecule has 2 saturated heterocycles. The van der Waals surface area contributed by atoms with Crippen molar-refractivity contribution in [3.63, 3.8) is 0 Å². The van der Waals surface area contributed by atoms with Crippen molar-refractivity contribution in [2.45, 2.75) is 58.4 Å². The summed E-state index contributed by atoms with van der Waals surface area (Å²) in [6.45, 7) is 9.28. The molecule has 1 amide bonds. The van der Waals surface area contributed by atoms with Gasteiger partial charge in [-0.3, -0.25) is 9.69 Å². The average Bonchev–Trinajstić information content (AvgIpc) is 3.03. The number of fused-ring (bicyclic) bond motifs is 1. The predicted molar refractivity (Wildman–Crippen MR) is 89.0 cm³/mol. The number of thiophene rings is 1. The first kappa shape index (κ1) is 16.0. The number of rotatable bonds is 5. The fourth-order valence-corrected chi connectivity index (χ4v) is 4.52. The molecule has 5 heteroatoms. The SMILES string of the molecule is Cc1ccc(CN2C[C@@H]3C[C@@H](CC(=O)NC(C)C)O[C@@H]3C2)s1. The highest BCUT2D eigenvalue weighted by atomic mass is 32.1. The molecule has 22 heavy (non-hydrogen) atoms. The number of carbonyl (C=O) groups excluding carboxylic acids is 1. The van der Waals surface area contributed by atoms with E-state index in [-0.39, 0.29) is 18.1 Å². The number of carbonyl (C=O) groups is 1. The fourth-order valence-electron chi connectivity index (χ4n) is 3.59. The van der Waals surface area contributed by atoms with Gasteiger partial charge in [-0.25, -0.2) is 0 Å². The van der Waals surface area contributed by atoms with E-state index >= 15 is 0 Å². The van der Waals surface area contributed by atoms with Crippen LogP contribution in [0.3, 0.4) is 0 Å². The molecule has 2 aliphatic rings. The lowest BCUT2D eigenvalue weighted by atomic mass is 10.0. The Bertz CT molecular complexity index is 514. The van der Waals surface area contributed by atoms with Crippen LogP contribution >= 0.6 is 11.3 Å². The third-order valence-electron chi connectivity index (χ3n) is 4.43. The summed E-state index contributed by atoms with van der Waals surface area (Å²) in [4.78, 5) is 17.1. The van der Waals surface area contributed by atoms with E-state index in [0.29, 0.717) is 18.4 Å². The van der Waals surface area contributed by atoms with E-state index in [9.17, 15) is 4.79 Å². The molecule has 2 aliphatic heterocycles. The molecule has 0 spiro atoms. The van der Waals surface area contributed by atoms with Crippen molar-refractivity contribution in [2.75, 3.05) is 13.1 Å². The van der Waals surface area contributed by atoms with Gasteiger partial charge in [-0.1, -0.05) is 0 Å². The van der Waals surface area contributed by atoms with Crippen LogP contribution < -0.4 is 5.32 Å². The van der Waals surface area contributed by atoms with E-state index in [0.717, 1.165) is 26.1 Å². The number of likely N-dealkylation sites (tertiary alicyclic amines) is 1. The maximum atomic E-state index is 11.8. The summed E-state index contributed by atoms with van der Waals surface area (Å²) >= 11 is 1.88. The zero-order valence-corrected chi connectivity index (χ0v) is 14.5. The summed E-state index contributed by atoms with van der Waals surface area (Å²) in [5.74, 6) is 0.712. The van der Waals surface area contributed by atoms with Gasteiger partial charge in [-0.15, -0.1) is 11.3 Å². The van der Waals surface area contributed by atoms with E-state index in [4.69, 9.17) is 4.74 Å². The van der Waals surface area contributed by atoms with Crippen LogP contribution in [-0.2, 0) is 16.1 Å². The molecule has 122 valence electrons. The molecule has 3 rings (SSSR count). The second-order valence-corrected chi connectivity index (χ2v) is 8.30. The third kappa shape index (κ3) is 3.89. The lowest BCUT2D eigenvalue weighted by Crippen LogP contribution is -2.33. The van der Waals surface area contributed by atoms with Crippen LogP contribution in [-0.4, -0.2) is 42.1 Å². The number of amides is 1. The summed E-state index contributed by atoms with van der Waals surface area (Å²) in [5.41, 5.74) is 0. The first-order valence-corrected chi connectivity index (χ1v) is 9.03. The number of nitrogens with one attached hydrogen (secondary N) is 1. The van der Waals surface area contributed by atoms with Crippen LogP contribution in [0.1, 0.15) is 36.4 Å². The molecule has 3 atom stereocenters. The minimum atomic E-state index is 0.111. The summed E-state index contributed by atoms with van der Waals surface area (Å²) in [7, 11) is 0. The van der Waals surface area contributed by atoms with Crippen LogP contribution in [0.5, 0.6) is 0 Å². The molecule has 0 aliphatic carbocycles. The molecular weight excluding hydrogens is 296 g/mol. The summed E-state index contributed by atoms with van der Waals surface area (Å²) in [6.07, 6.45) is 1.96. The Hall–Kier alpha value is -0.910. The van der Waals surface area contributed by atoms with E-state index in [1.807, 2.05) is 25.2 Å². The van der Waals surface area contributed by atoms with E-state index in [1.165, 1.54) is 9.75 Å². The Morgan fingerprint density at radius 1 is 1.45 bits per heavy atom. The molecule has 0 bridgehead atoms. The van der Waals surface area contributed by atoms with Gasteiger partial charge < -0.3 is 10.1 Å². The minimum Gasteiger partial charge on any atom is -0.373 e. The van der Waals surface area contributed by atoms with E-state index < -0.39 is 0 Å². The van der Waals surface area contributed by atoms with Gasteiger partial charge in [0.15, 0.2) is 0 Å². The van der Waals surface area contributed by atoms with Crippen LogP contribution in [0.2, 0.25) is 0 Å². The van der Waals surface area contributed by atoms with Crippen molar-refractivity contribution in [3.05, 3.63) is 21.9 Å². The topological polar surface area (TPSA) is 41.6 Å². The molecule has 1 N–H and O–H groups in total. The largest absolute Gasteiger partial charge is 0.373 e. The molecular formula is C17H26N2O2S. The van der Waals surface area contributed by atoms with Gasteiger partial charge in [-0.05, 0) is 39.3 Å². The average molecular weight is 322 g/mol. The third-order valence-corrected chi connectivity index (χ3v) is 5.41. The van der Waals surface area contributed by atoms with Gasteiger partial charge in [0.25, 0.3) is 0 Å². The van der Waals surface area contributed by atoms with Crippen molar-refractivity contribution < 1.29 is 9.53 Å². The first-order chi connectivity index (χ1) is 10.5. The zero-order chi connectivity index (χ0) is 15.7. The number of ether oxygens (including phenoxy) is 1. The maximum absolute atomic E-state index is 11.8.